The summed E-state index contributed by atoms with van der Waals surface area (Å²) in [5, 5.41) is 2.15. The summed E-state index contributed by atoms with van der Waals surface area (Å²) in [6.07, 6.45) is 0. The van der Waals surface area contributed by atoms with E-state index in [0.717, 1.165) is 0 Å². The number of rotatable bonds is 1. The SMILES string of the molecule is Cc1cc2c(cc1C(N)=O)C(=O)NC2=O. The minimum atomic E-state index is -0.609. The topological polar surface area (TPSA) is 89.3 Å². The van der Waals surface area contributed by atoms with Gasteiger partial charge in [-0.2, -0.15) is 0 Å². The molecular formula is C10H8N2O3. The maximum Gasteiger partial charge on any atom is 0.258 e. The van der Waals surface area contributed by atoms with Crippen LogP contribution in [0, 0.1) is 6.92 Å². The minimum absolute atomic E-state index is 0.208. The molecule has 0 saturated carbocycles. The molecule has 0 fully saturated rings. The zero-order valence-electron chi connectivity index (χ0n) is 7.96. The van der Waals surface area contributed by atoms with Crippen LogP contribution in [0.5, 0.6) is 0 Å². The molecule has 0 unspecified atom stereocenters. The summed E-state index contributed by atoms with van der Waals surface area (Å²) >= 11 is 0. The van der Waals surface area contributed by atoms with Gasteiger partial charge in [0.25, 0.3) is 11.8 Å². The van der Waals surface area contributed by atoms with E-state index in [0.29, 0.717) is 11.1 Å². The third-order valence-electron chi connectivity index (χ3n) is 2.35. The summed E-state index contributed by atoms with van der Waals surface area (Å²) in [6.45, 7) is 1.66. The lowest BCUT2D eigenvalue weighted by Crippen LogP contribution is -2.19. The van der Waals surface area contributed by atoms with Crippen molar-refractivity contribution in [3.05, 3.63) is 34.4 Å². The monoisotopic (exact) mass is 204 g/mol. The Balaban J connectivity index is 2.70. The predicted octanol–water partition coefficient (Wildman–Crippen LogP) is -0.0225. The van der Waals surface area contributed by atoms with Crippen LogP contribution < -0.4 is 11.1 Å². The molecule has 1 aromatic carbocycles. The maximum atomic E-state index is 11.3. The fraction of sp³-hybridized carbons (Fsp3) is 0.100. The van der Waals surface area contributed by atoms with Crippen molar-refractivity contribution in [1.29, 1.82) is 0 Å². The van der Waals surface area contributed by atoms with E-state index in [1.165, 1.54) is 12.1 Å². The summed E-state index contributed by atoms with van der Waals surface area (Å²) in [7, 11) is 0. The zero-order chi connectivity index (χ0) is 11.2. The molecule has 0 aliphatic carbocycles. The van der Waals surface area contributed by atoms with Gasteiger partial charge in [0.2, 0.25) is 5.91 Å². The number of fused-ring (bicyclic) bond motifs is 1. The van der Waals surface area contributed by atoms with Gasteiger partial charge in [0.1, 0.15) is 0 Å². The number of nitrogens with one attached hydrogen (secondary N) is 1. The number of benzene rings is 1. The molecule has 0 bridgehead atoms. The van der Waals surface area contributed by atoms with Crippen molar-refractivity contribution in [3.63, 3.8) is 0 Å². The first-order valence-corrected chi connectivity index (χ1v) is 4.31. The van der Waals surface area contributed by atoms with Crippen LogP contribution in [0.2, 0.25) is 0 Å². The van der Waals surface area contributed by atoms with Gasteiger partial charge in [-0.25, -0.2) is 0 Å². The first kappa shape index (κ1) is 9.39. The van der Waals surface area contributed by atoms with Gasteiger partial charge in [-0.3, -0.25) is 19.7 Å². The van der Waals surface area contributed by atoms with Crippen molar-refractivity contribution in [2.75, 3.05) is 0 Å². The Morgan fingerprint density at radius 1 is 1.20 bits per heavy atom. The standard InChI is InChI=1S/C10H8N2O3/c1-4-2-6-7(3-5(4)8(11)13)10(15)12-9(6)14/h2-3H,1H3,(H2,11,13)(H,12,14,15). The highest BCUT2D eigenvalue weighted by molar-refractivity contribution is 6.22. The van der Waals surface area contributed by atoms with Gasteiger partial charge in [-0.05, 0) is 24.6 Å². The van der Waals surface area contributed by atoms with E-state index in [2.05, 4.69) is 5.32 Å². The molecule has 2 rings (SSSR count). The van der Waals surface area contributed by atoms with E-state index >= 15 is 0 Å². The summed E-state index contributed by atoms with van der Waals surface area (Å²) in [5.41, 5.74) is 6.49. The van der Waals surface area contributed by atoms with Crippen molar-refractivity contribution >= 4 is 17.7 Å². The van der Waals surface area contributed by atoms with E-state index in [1.807, 2.05) is 0 Å². The molecular weight excluding hydrogens is 196 g/mol. The number of carbonyl (C=O) groups is 3. The van der Waals surface area contributed by atoms with Crippen molar-refractivity contribution in [3.8, 4) is 0 Å². The molecule has 0 aromatic heterocycles. The summed E-state index contributed by atoms with van der Waals surface area (Å²) in [4.78, 5) is 33.6. The lowest BCUT2D eigenvalue weighted by atomic mass is 10.0. The fourth-order valence-corrected chi connectivity index (χ4v) is 1.59. The first-order chi connectivity index (χ1) is 7.00. The molecule has 3 N–H and O–H groups in total. The maximum absolute atomic E-state index is 11.3. The van der Waals surface area contributed by atoms with Crippen LogP contribution in [0.3, 0.4) is 0 Å². The molecule has 76 valence electrons. The number of carbonyl (C=O) groups excluding carboxylic acids is 3. The van der Waals surface area contributed by atoms with Crippen molar-refractivity contribution in [2.24, 2.45) is 5.73 Å². The number of hydrogen-bond donors (Lipinski definition) is 2. The molecule has 1 aliphatic heterocycles. The number of nitrogens with two attached hydrogens (primary N) is 1. The number of primary amides is 1. The largest absolute Gasteiger partial charge is 0.366 e. The van der Waals surface area contributed by atoms with Gasteiger partial charge in [-0.15, -0.1) is 0 Å². The Labute approximate surface area is 85.3 Å². The highest BCUT2D eigenvalue weighted by atomic mass is 16.2. The molecule has 1 heterocycles. The Hall–Kier alpha value is -2.17. The van der Waals surface area contributed by atoms with Crippen LogP contribution in [0.15, 0.2) is 12.1 Å². The average Bonchev–Trinajstić information content (AvgIpc) is 2.41. The molecule has 0 radical (unpaired) electrons. The lowest BCUT2D eigenvalue weighted by Gasteiger charge is -2.03. The Morgan fingerprint density at radius 3 is 2.27 bits per heavy atom. The van der Waals surface area contributed by atoms with Crippen molar-refractivity contribution < 1.29 is 14.4 Å². The van der Waals surface area contributed by atoms with E-state index in [-0.39, 0.29) is 11.1 Å². The molecule has 0 spiro atoms. The van der Waals surface area contributed by atoms with E-state index in [4.69, 9.17) is 5.73 Å². The van der Waals surface area contributed by atoms with Crippen LogP contribution in [0.25, 0.3) is 0 Å². The second kappa shape index (κ2) is 2.91. The second-order valence-electron chi connectivity index (χ2n) is 3.36. The van der Waals surface area contributed by atoms with E-state index in [9.17, 15) is 14.4 Å². The van der Waals surface area contributed by atoms with Gasteiger partial charge in [0.15, 0.2) is 0 Å². The van der Waals surface area contributed by atoms with Gasteiger partial charge < -0.3 is 5.73 Å². The normalized spacial score (nSPS) is 13.7. The first-order valence-electron chi connectivity index (χ1n) is 4.31. The van der Waals surface area contributed by atoms with Gasteiger partial charge in [0.05, 0.1) is 11.1 Å². The summed E-state index contributed by atoms with van der Waals surface area (Å²) in [5.74, 6) is -1.53. The highest BCUT2D eigenvalue weighted by Gasteiger charge is 2.28. The molecule has 0 atom stereocenters. The molecule has 3 amide bonds. The highest BCUT2D eigenvalue weighted by Crippen LogP contribution is 2.20. The third-order valence-corrected chi connectivity index (χ3v) is 2.35. The smallest absolute Gasteiger partial charge is 0.258 e. The average molecular weight is 204 g/mol. The molecule has 5 nitrogen and oxygen atoms in total. The van der Waals surface area contributed by atoms with Gasteiger partial charge >= 0.3 is 0 Å². The molecule has 15 heavy (non-hydrogen) atoms. The molecule has 1 aliphatic rings. The molecule has 1 aromatic rings. The summed E-state index contributed by atoms with van der Waals surface area (Å²) in [6, 6.07) is 2.85. The number of aryl methyl sites for hydroxylation is 1. The fourth-order valence-electron chi connectivity index (χ4n) is 1.59. The Bertz CT molecular complexity index is 506. The summed E-state index contributed by atoms with van der Waals surface area (Å²) < 4.78 is 0. The van der Waals surface area contributed by atoms with E-state index < -0.39 is 17.7 Å². The van der Waals surface area contributed by atoms with Gasteiger partial charge in [-0.1, -0.05) is 0 Å². The number of imide groups is 1. The second-order valence-corrected chi connectivity index (χ2v) is 3.36. The lowest BCUT2D eigenvalue weighted by molar-refractivity contribution is 0.0879. The zero-order valence-corrected chi connectivity index (χ0v) is 7.96. The van der Waals surface area contributed by atoms with Crippen molar-refractivity contribution in [2.45, 2.75) is 6.92 Å². The van der Waals surface area contributed by atoms with Crippen molar-refractivity contribution in [1.82, 2.24) is 5.32 Å². The molecule has 5 heteroatoms. The Morgan fingerprint density at radius 2 is 1.73 bits per heavy atom. The Kier molecular flexibility index (Phi) is 1.82. The minimum Gasteiger partial charge on any atom is -0.366 e. The van der Waals surface area contributed by atoms with Crippen LogP contribution in [0.4, 0.5) is 0 Å². The van der Waals surface area contributed by atoms with Gasteiger partial charge in [0, 0.05) is 5.56 Å². The predicted molar refractivity (Wildman–Crippen MR) is 51.5 cm³/mol. The number of hydrogen-bond acceptors (Lipinski definition) is 3. The number of amides is 3. The van der Waals surface area contributed by atoms with Crippen LogP contribution in [-0.4, -0.2) is 17.7 Å². The third kappa shape index (κ3) is 1.28. The molecule has 0 saturated heterocycles. The van der Waals surface area contributed by atoms with Crippen LogP contribution in [-0.2, 0) is 0 Å². The van der Waals surface area contributed by atoms with Crippen LogP contribution >= 0.6 is 0 Å². The quantitative estimate of drug-likeness (QED) is 0.630. The van der Waals surface area contributed by atoms with E-state index in [1.54, 1.807) is 6.92 Å². The van der Waals surface area contributed by atoms with Crippen LogP contribution in [0.1, 0.15) is 36.6 Å².